The van der Waals surface area contributed by atoms with Crippen LogP contribution in [-0.2, 0) is 4.74 Å². The molecule has 7 heteroatoms. The van der Waals surface area contributed by atoms with Crippen LogP contribution >= 0.6 is 0 Å². The second kappa shape index (κ2) is 7.69. The number of piperazine rings is 1. The van der Waals surface area contributed by atoms with Gasteiger partial charge in [0.15, 0.2) is 0 Å². The Morgan fingerprint density at radius 1 is 1.16 bits per heavy atom. The van der Waals surface area contributed by atoms with Crippen molar-refractivity contribution in [2.75, 3.05) is 37.7 Å². The summed E-state index contributed by atoms with van der Waals surface area (Å²) in [5.74, 6) is 0.986. The van der Waals surface area contributed by atoms with Crippen LogP contribution in [-0.4, -0.2) is 64.3 Å². The lowest BCUT2D eigenvalue weighted by Gasteiger charge is -2.37. The van der Waals surface area contributed by atoms with Crippen LogP contribution in [0, 0.1) is 5.92 Å². The van der Waals surface area contributed by atoms with E-state index in [9.17, 15) is 9.90 Å². The fraction of sp³-hybridized carbons (Fsp3) is 0.667. The molecule has 3 aliphatic rings. The van der Waals surface area contributed by atoms with Crippen LogP contribution in [0.1, 0.15) is 64.1 Å². The topological polar surface area (TPSA) is 70.8 Å². The normalized spacial score (nSPS) is 24.4. The van der Waals surface area contributed by atoms with Crippen molar-refractivity contribution in [3.8, 4) is 0 Å². The Kier molecular flexibility index (Phi) is 5.12. The van der Waals surface area contributed by atoms with E-state index in [-0.39, 0.29) is 12.7 Å². The van der Waals surface area contributed by atoms with Gasteiger partial charge in [-0.3, -0.25) is 4.68 Å². The molecule has 2 aromatic rings. The summed E-state index contributed by atoms with van der Waals surface area (Å²) in [7, 11) is 0. The molecule has 2 aliphatic carbocycles. The number of benzene rings is 1. The highest BCUT2D eigenvalue weighted by Gasteiger charge is 2.36. The average molecular weight is 427 g/mol. The van der Waals surface area contributed by atoms with E-state index in [0.29, 0.717) is 31.0 Å². The second-order valence-corrected chi connectivity index (χ2v) is 10.4. The fourth-order valence-electron chi connectivity index (χ4n) is 4.89. The van der Waals surface area contributed by atoms with E-state index in [1.54, 1.807) is 0 Å². The van der Waals surface area contributed by atoms with Crippen molar-refractivity contribution in [3.05, 3.63) is 23.9 Å². The zero-order valence-corrected chi connectivity index (χ0v) is 18.9. The molecule has 0 bridgehead atoms. The number of ether oxygens (including phenoxy) is 1. The van der Waals surface area contributed by atoms with Crippen molar-refractivity contribution >= 4 is 22.7 Å². The number of amides is 1. The summed E-state index contributed by atoms with van der Waals surface area (Å²) in [5, 5.41) is 15.8. The third-order valence-corrected chi connectivity index (χ3v) is 6.79. The Morgan fingerprint density at radius 3 is 2.48 bits per heavy atom. The molecule has 1 saturated heterocycles. The van der Waals surface area contributed by atoms with E-state index < -0.39 is 5.60 Å². The van der Waals surface area contributed by atoms with Crippen LogP contribution in [0.4, 0.5) is 10.5 Å². The Morgan fingerprint density at radius 2 is 1.87 bits per heavy atom. The highest BCUT2D eigenvalue weighted by molar-refractivity contribution is 5.95. The van der Waals surface area contributed by atoms with Crippen molar-refractivity contribution in [3.63, 3.8) is 0 Å². The number of aliphatic hydroxyl groups is 1. The van der Waals surface area contributed by atoms with Crippen molar-refractivity contribution in [1.82, 2.24) is 14.7 Å². The van der Waals surface area contributed by atoms with Crippen LogP contribution in [0.2, 0.25) is 0 Å². The molecule has 0 spiro atoms. The summed E-state index contributed by atoms with van der Waals surface area (Å²) in [6.07, 6.45) is 4.24. The van der Waals surface area contributed by atoms with Crippen molar-refractivity contribution in [2.24, 2.45) is 5.92 Å². The zero-order valence-electron chi connectivity index (χ0n) is 18.9. The van der Waals surface area contributed by atoms with Gasteiger partial charge in [-0.2, -0.15) is 5.10 Å². The van der Waals surface area contributed by atoms with E-state index in [2.05, 4.69) is 27.8 Å². The molecule has 1 N–H and O–H groups in total. The Balaban J connectivity index is 1.38. The third kappa shape index (κ3) is 4.00. The first-order valence-electron chi connectivity index (χ1n) is 11.7. The molecule has 1 aromatic carbocycles. The SMILES string of the molecule is CC(C)(C)OC(=O)N1CCN(c2cccc3c2c(C2CC2)nn3C2CC(CO)C2)CC1. The maximum atomic E-state index is 12.4. The lowest BCUT2D eigenvalue weighted by atomic mass is 9.81. The number of aliphatic hydroxyl groups excluding tert-OH is 1. The molecule has 168 valence electrons. The predicted octanol–water partition coefficient (Wildman–Crippen LogP) is 3.91. The molecule has 1 amide bonds. The minimum absolute atomic E-state index is 0.222. The number of aromatic nitrogens is 2. The average Bonchev–Trinajstić information content (AvgIpc) is 3.47. The van der Waals surface area contributed by atoms with Crippen molar-refractivity contribution in [2.45, 2.75) is 64.0 Å². The van der Waals surface area contributed by atoms with Crippen molar-refractivity contribution < 1.29 is 14.6 Å². The van der Waals surface area contributed by atoms with E-state index in [0.717, 1.165) is 25.9 Å². The number of carbonyl (C=O) groups is 1. The first-order chi connectivity index (χ1) is 14.8. The lowest BCUT2D eigenvalue weighted by molar-refractivity contribution is 0.0240. The largest absolute Gasteiger partial charge is 0.444 e. The molecule has 0 unspecified atom stereocenters. The Hall–Kier alpha value is -2.28. The zero-order chi connectivity index (χ0) is 21.8. The third-order valence-electron chi connectivity index (χ3n) is 6.79. The molecule has 7 nitrogen and oxygen atoms in total. The van der Waals surface area contributed by atoms with Gasteiger partial charge < -0.3 is 19.6 Å². The lowest BCUT2D eigenvalue weighted by Crippen LogP contribution is -2.50. The molecule has 1 aromatic heterocycles. The fourth-order valence-corrected chi connectivity index (χ4v) is 4.89. The number of carbonyl (C=O) groups excluding carboxylic acids is 1. The number of anilines is 1. The van der Waals surface area contributed by atoms with Gasteiger partial charge in [-0.15, -0.1) is 0 Å². The molecule has 2 saturated carbocycles. The summed E-state index contributed by atoms with van der Waals surface area (Å²) < 4.78 is 7.78. The Labute approximate surface area is 183 Å². The second-order valence-electron chi connectivity index (χ2n) is 10.4. The summed E-state index contributed by atoms with van der Waals surface area (Å²) >= 11 is 0. The molecule has 3 fully saturated rings. The monoisotopic (exact) mass is 426 g/mol. The van der Waals surface area contributed by atoms with Gasteiger partial charge in [0.1, 0.15) is 5.60 Å². The first kappa shape index (κ1) is 20.6. The number of rotatable bonds is 4. The molecule has 2 heterocycles. The summed E-state index contributed by atoms with van der Waals surface area (Å²) in [5.41, 5.74) is 3.24. The summed E-state index contributed by atoms with van der Waals surface area (Å²) in [6, 6.07) is 6.93. The quantitative estimate of drug-likeness (QED) is 0.803. The smallest absolute Gasteiger partial charge is 0.410 e. The highest BCUT2D eigenvalue weighted by atomic mass is 16.6. The maximum absolute atomic E-state index is 12.4. The molecule has 1 aliphatic heterocycles. The van der Waals surface area contributed by atoms with E-state index in [1.165, 1.54) is 35.1 Å². The van der Waals surface area contributed by atoms with Crippen LogP contribution in [0.25, 0.3) is 10.9 Å². The summed E-state index contributed by atoms with van der Waals surface area (Å²) in [4.78, 5) is 16.7. The predicted molar refractivity (Wildman–Crippen MR) is 121 cm³/mol. The van der Waals surface area contributed by atoms with Gasteiger partial charge in [0, 0.05) is 49.8 Å². The van der Waals surface area contributed by atoms with Gasteiger partial charge in [-0.05, 0) is 64.5 Å². The molecule has 5 rings (SSSR count). The number of fused-ring (bicyclic) bond motifs is 1. The van der Waals surface area contributed by atoms with Gasteiger partial charge in [-0.1, -0.05) is 6.07 Å². The first-order valence-corrected chi connectivity index (χ1v) is 11.7. The van der Waals surface area contributed by atoms with Crippen molar-refractivity contribution in [1.29, 1.82) is 0 Å². The number of hydrogen-bond donors (Lipinski definition) is 1. The minimum Gasteiger partial charge on any atom is -0.444 e. The van der Waals surface area contributed by atoms with Crippen LogP contribution in [0.15, 0.2) is 18.2 Å². The molecule has 0 radical (unpaired) electrons. The van der Waals surface area contributed by atoms with Crippen LogP contribution < -0.4 is 4.90 Å². The van der Waals surface area contributed by atoms with Gasteiger partial charge >= 0.3 is 6.09 Å². The molecular formula is C24H34N4O3. The molecule has 0 atom stereocenters. The molecule has 31 heavy (non-hydrogen) atoms. The van der Waals surface area contributed by atoms with Gasteiger partial charge in [-0.25, -0.2) is 4.79 Å². The van der Waals surface area contributed by atoms with Crippen LogP contribution in [0.3, 0.4) is 0 Å². The van der Waals surface area contributed by atoms with Gasteiger partial charge in [0.2, 0.25) is 0 Å². The standard InChI is InChI=1S/C24H34N4O3/c1-24(2,3)31-23(30)27-11-9-26(10-12-27)19-5-4-6-20-21(19)22(17-7-8-17)25-28(20)18-13-16(14-18)15-29/h4-6,16-18,29H,7-15H2,1-3H3. The number of nitrogens with zero attached hydrogens (tertiary/aromatic N) is 4. The van der Waals surface area contributed by atoms with Gasteiger partial charge in [0.25, 0.3) is 0 Å². The van der Waals surface area contributed by atoms with E-state index in [1.807, 2.05) is 25.7 Å². The van der Waals surface area contributed by atoms with Crippen LogP contribution in [0.5, 0.6) is 0 Å². The minimum atomic E-state index is -0.468. The molecular weight excluding hydrogens is 392 g/mol. The van der Waals surface area contributed by atoms with E-state index >= 15 is 0 Å². The maximum Gasteiger partial charge on any atom is 0.410 e. The number of hydrogen-bond acceptors (Lipinski definition) is 5. The summed E-state index contributed by atoms with van der Waals surface area (Å²) in [6.45, 7) is 8.92. The van der Waals surface area contributed by atoms with Gasteiger partial charge in [0.05, 0.1) is 17.3 Å². The van der Waals surface area contributed by atoms with E-state index in [4.69, 9.17) is 9.84 Å². The highest BCUT2D eigenvalue weighted by Crippen LogP contribution is 2.47. The Bertz CT molecular complexity index is 961.